The van der Waals surface area contributed by atoms with Crippen LogP contribution in [0, 0.1) is 5.82 Å². The summed E-state index contributed by atoms with van der Waals surface area (Å²) in [5.41, 5.74) is 0.593. The number of nitrogens with zero attached hydrogens (tertiary/aromatic N) is 3. The lowest BCUT2D eigenvalue weighted by atomic mass is 10.1. The number of hydrogen-bond acceptors (Lipinski definition) is 3. The van der Waals surface area contributed by atoms with Crippen LogP contribution in [0.3, 0.4) is 0 Å². The Morgan fingerprint density at radius 1 is 1.29 bits per heavy atom. The van der Waals surface area contributed by atoms with Crippen molar-refractivity contribution in [3.05, 3.63) is 69.5 Å². The highest BCUT2D eigenvalue weighted by atomic mass is 35.5. The molecule has 1 amide bonds. The second-order valence-electron chi connectivity index (χ2n) is 5.36. The molecule has 3 aromatic rings. The molecule has 0 aliphatic rings. The summed E-state index contributed by atoms with van der Waals surface area (Å²) < 4.78 is 15.3. The molecule has 0 unspecified atom stereocenters. The number of nitrogens with one attached hydrogen (secondary N) is 1. The second kappa shape index (κ2) is 6.45. The van der Waals surface area contributed by atoms with Crippen LogP contribution in [0.15, 0.2) is 47.4 Å². The number of fused-ring (bicyclic) bond motifs is 1. The van der Waals surface area contributed by atoms with Gasteiger partial charge in [-0.3, -0.25) is 4.79 Å². The summed E-state index contributed by atoms with van der Waals surface area (Å²) >= 11 is 5.83. The largest absolute Gasteiger partial charge is 0.350 e. The van der Waals surface area contributed by atoms with Crippen molar-refractivity contribution in [3.63, 3.8) is 0 Å². The molecule has 0 spiro atoms. The van der Waals surface area contributed by atoms with Crippen molar-refractivity contribution in [2.75, 3.05) is 0 Å². The van der Waals surface area contributed by atoms with E-state index >= 15 is 0 Å². The molecule has 0 saturated heterocycles. The Morgan fingerprint density at radius 3 is 2.71 bits per heavy atom. The molecule has 2 heterocycles. The van der Waals surface area contributed by atoms with Crippen molar-refractivity contribution in [1.82, 2.24) is 19.5 Å². The summed E-state index contributed by atoms with van der Waals surface area (Å²) in [4.78, 5) is 24.3. The van der Waals surface area contributed by atoms with Gasteiger partial charge in [0.25, 0.3) is 0 Å². The highest BCUT2D eigenvalue weighted by Gasteiger charge is 2.14. The van der Waals surface area contributed by atoms with Gasteiger partial charge < -0.3 is 5.32 Å². The summed E-state index contributed by atoms with van der Waals surface area (Å²) in [7, 11) is 0. The van der Waals surface area contributed by atoms with E-state index in [1.165, 1.54) is 12.1 Å². The van der Waals surface area contributed by atoms with Gasteiger partial charge in [0.2, 0.25) is 5.91 Å². The monoisotopic (exact) mass is 348 g/mol. The first-order valence-electron chi connectivity index (χ1n) is 7.23. The number of pyridine rings is 1. The third kappa shape index (κ3) is 3.30. The molecular formula is C16H14ClFN4O2. The summed E-state index contributed by atoms with van der Waals surface area (Å²) in [5, 5.41) is 7.40. The van der Waals surface area contributed by atoms with E-state index < -0.39 is 11.5 Å². The molecule has 6 nitrogen and oxygen atoms in total. The maximum absolute atomic E-state index is 13.2. The van der Waals surface area contributed by atoms with Crippen LogP contribution in [-0.2, 0) is 11.3 Å². The third-order valence-corrected chi connectivity index (χ3v) is 3.83. The Kier molecular flexibility index (Phi) is 4.35. The fourth-order valence-electron chi connectivity index (χ4n) is 2.35. The van der Waals surface area contributed by atoms with Gasteiger partial charge in [-0.25, -0.2) is 18.3 Å². The van der Waals surface area contributed by atoms with Crippen LogP contribution in [-0.4, -0.2) is 20.1 Å². The Bertz CT molecular complexity index is 949. The van der Waals surface area contributed by atoms with Gasteiger partial charge in [-0.05, 0) is 36.8 Å². The number of aromatic nitrogens is 3. The predicted molar refractivity (Wildman–Crippen MR) is 87.4 cm³/mol. The average molecular weight is 349 g/mol. The van der Waals surface area contributed by atoms with E-state index in [0.29, 0.717) is 5.02 Å². The van der Waals surface area contributed by atoms with Gasteiger partial charge in [0.15, 0.2) is 5.65 Å². The second-order valence-corrected chi connectivity index (χ2v) is 5.79. The van der Waals surface area contributed by atoms with E-state index in [1.54, 1.807) is 12.1 Å². The van der Waals surface area contributed by atoms with E-state index in [0.717, 1.165) is 20.8 Å². The molecule has 1 atom stereocenters. The van der Waals surface area contributed by atoms with Gasteiger partial charge in [-0.1, -0.05) is 23.7 Å². The van der Waals surface area contributed by atoms with E-state index in [-0.39, 0.29) is 24.1 Å². The Balaban J connectivity index is 1.74. The summed E-state index contributed by atoms with van der Waals surface area (Å²) in [5.74, 6) is -0.923. The highest BCUT2D eigenvalue weighted by molar-refractivity contribution is 6.30. The smallest absolute Gasteiger partial charge is 0.348 e. The molecule has 0 radical (unpaired) electrons. The molecule has 1 N–H and O–H groups in total. The maximum Gasteiger partial charge on any atom is 0.350 e. The molecule has 1 aromatic carbocycles. The van der Waals surface area contributed by atoms with Crippen molar-refractivity contribution in [1.29, 1.82) is 0 Å². The van der Waals surface area contributed by atoms with Crippen molar-refractivity contribution in [2.45, 2.75) is 19.5 Å². The van der Waals surface area contributed by atoms with Crippen LogP contribution in [0.5, 0.6) is 0 Å². The number of benzene rings is 1. The first-order valence-corrected chi connectivity index (χ1v) is 7.61. The fraction of sp³-hybridized carbons (Fsp3) is 0.188. The Labute approximate surface area is 141 Å². The fourth-order valence-corrected chi connectivity index (χ4v) is 2.48. The first kappa shape index (κ1) is 16.2. The molecule has 124 valence electrons. The molecule has 0 fully saturated rings. The Morgan fingerprint density at radius 2 is 2.00 bits per heavy atom. The number of halogens is 2. The molecular weight excluding hydrogens is 335 g/mol. The van der Waals surface area contributed by atoms with Crippen LogP contribution in [0.4, 0.5) is 4.39 Å². The highest BCUT2D eigenvalue weighted by Crippen LogP contribution is 2.15. The van der Waals surface area contributed by atoms with Crippen molar-refractivity contribution in [3.8, 4) is 0 Å². The molecule has 0 aliphatic carbocycles. The van der Waals surface area contributed by atoms with Crippen molar-refractivity contribution >= 4 is 23.2 Å². The lowest BCUT2D eigenvalue weighted by Crippen LogP contribution is -2.34. The van der Waals surface area contributed by atoms with Gasteiger partial charge in [-0.15, -0.1) is 5.10 Å². The topological polar surface area (TPSA) is 68.4 Å². The van der Waals surface area contributed by atoms with Crippen molar-refractivity contribution < 1.29 is 9.18 Å². The van der Waals surface area contributed by atoms with Crippen LogP contribution in [0.2, 0.25) is 5.02 Å². The molecule has 0 aliphatic heterocycles. The van der Waals surface area contributed by atoms with Gasteiger partial charge >= 0.3 is 5.69 Å². The number of carbonyl (C=O) groups excluding carboxylic acids is 1. The quantitative estimate of drug-likeness (QED) is 0.785. The first-order chi connectivity index (χ1) is 11.4. The van der Waals surface area contributed by atoms with Crippen LogP contribution in [0.1, 0.15) is 18.5 Å². The molecule has 3 rings (SSSR count). The number of carbonyl (C=O) groups is 1. The molecule has 8 heteroatoms. The molecule has 24 heavy (non-hydrogen) atoms. The minimum Gasteiger partial charge on any atom is -0.348 e. The van der Waals surface area contributed by atoms with Crippen LogP contribution < -0.4 is 11.0 Å². The van der Waals surface area contributed by atoms with Crippen molar-refractivity contribution in [2.24, 2.45) is 0 Å². The van der Waals surface area contributed by atoms with Gasteiger partial charge in [0.05, 0.1) is 12.2 Å². The zero-order chi connectivity index (χ0) is 17.3. The van der Waals surface area contributed by atoms with Gasteiger partial charge in [0, 0.05) is 5.02 Å². The maximum atomic E-state index is 13.2. The zero-order valence-electron chi connectivity index (χ0n) is 12.7. The van der Waals surface area contributed by atoms with Crippen LogP contribution >= 0.6 is 11.6 Å². The summed E-state index contributed by atoms with van der Waals surface area (Å²) in [6.45, 7) is 1.57. The minimum atomic E-state index is -0.571. The molecule has 0 saturated carbocycles. The zero-order valence-corrected chi connectivity index (χ0v) is 13.5. The lowest BCUT2D eigenvalue weighted by Gasteiger charge is -2.14. The number of rotatable bonds is 4. The predicted octanol–water partition coefficient (Wildman–Crippen LogP) is 2.17. The van der Waals surface area contributed by atoms with E-state index in [2.05, 4.69) is 10.4 Å². The van der Waals surface area contributed by atoms with Crippen LogP contribution in [0.25, 0.3) is 5.65 Å². The number of amides is 1. The van der Waals surface area contributed by atoms with E-state index in [4.69, 9.17) is 11.6 Å². The SMILES string of the molecule is C[C@H](NC(=O)Cn1nc2ccc(F)cn2c1=O)c1ccc(Cl)cc1. The molecule has 0 bridgehead atoms. The number of hydrogen-bond donors (Lipinski definition) is 1. The van der Waals surface area contributed by atoms with Gasteiger partial charge in [0.1, 0.15) is 12.4 Å². The van der Waals surface area contributed by atoms with E-state index in [9.17, 15) is 14.0 Å². The third-order valence-electron chi connectivity index (χ3n) is 3.58. The molecule has 2 aromatic heterocycles. The summed E-state index contributed by atoms with van der Waals surface area (Å²) in [6, 6.07) is 9.43. The lowest BCUT2D eigenvalue weighted by molar-refractivity contribution is -0.122. The van der Waals surface area contributed by atoms with Gasteiger partial charge in [-0.2, -0.15) is 0 Å². The minimum absolute atomic E-state index is 0.250. The normalized spacial score (nSPS) is 12.3. The van der Waals surface area contributed by atoms with E-state index in [1.807, 2.05) is 19.1 Å². The average Bonchev–Trinajstić information content (AvgIpc) is 2.84. The standard InChI is InChI=1S/C16H14ClFN4O2/c1-10(11-2-4-12(17)5-3-11)19-15(23)9-22-16(24)21-8-13(18)6-7-14(21)20-22/h2-8,10H,9H2,1H3,(H,19,23)/t10-/m0/s1. The Hall–Kier alpha value is -2.67. The summed E-state index contributed by atoms with van der Waals surface area (Å²) in [6.07, 6.45) is 1.04.